The van der Waals surface area contributed by atoms with Gasteiger partial charge >= 0.3 is 0 Å². The highest BCUT2D eigenvalue weighted by molar-refractivity contribution is 8.00. The first-order valence-electron chi connectivity index (χ1n) is 7.21. The lowest BCUT2D eigenvalue weighted by atomic mass is 10.0. The number of hydrogen-bond donors (Lipinski definition) is 2. The fourth-order valence-electron chi connectivity index (χ4n) is 2.25. The SMILES string of the molecule is CSC(C)(CCCCc1ccc(-c2cccs2)s1)C(=O)NO. The van der Waals surface area contributed by atoms with Gasteiger partial charge in [0.05, 0.1) is 4.75 Å². The molecule has 2 N–H and O–H groups in total. The van der Waals surface area contributed by atoms with E-state index in [1.54, 1.807) is 16.8 Å². The number of nitrogens with one attached hydrogen (secondary N) is 1. The van der Waals surface area contributed by atoms with Gasteiger partial charge in [-0.25, -0.2) is 5.48 Å². The fourth-order valence-corrected chi connectivity index (χ4v) is 4.72. The lowest BCUT2D eigenvalue weighted by molar-refractivity contribution is -0.131. The van der Waals surface area contributed by atoms with Gasteiger partial charge in [-0.15, -0.1) is 34.4 Å². The van der Waals surface area contributed by atoms with E-state index in [9.17, 15) is 4.79 Å². The molecule has 0 fully saturated rings. The molecule has 0 aliphatic rings. The molecule has 2 heterocycles. The van der Waals surface area contributed by atoms with Crippen LogP contribution in [0, 0.1) is 0 Å². The van der Waals surface area contributed by atoms with Crippen LogP contribution in [0.25, 0.3) is 9.75 Å². The third kappa shape index (κ3) is 4.35. The van der Waals surface area contributed by atoms with E-state index in [2.05, 4.69) is 29.6 Å². The van der Waals surface area contributed by atoms with Crippen LogP contribution < -0.4 is 5.48 Å². The van der Waals surface area contributed by atoms with Gasteiger partial charge in [-0.1, -0.05) is 12.5 Å². The molecule has 0 aromatic carbocycles. The van der Waals surface area contributed by atoms with Crippen molar-refractivity contribution in [2.24, 2.45) is 0 Å². The quantitative estimate of drug-likeness (QED) is 0.405. The largest absolute Gasteiger partial charge is 0.289 e. The number of unbranched alkanes of at least 4 members (excludes halogenated alkanes) is 1. The normalized spacial score (nSPS) is 13.8. The minimum absolute atomic E-state index is 0.309. The Kier molecular flexibility index (Phi) is 6.50. The van der Waals surface area contributed by atoms with Crippen molar-refractivity contribution in [2.45, 2.75) is 37.4 Å². The third-order valence-corrected chi connectivity index (χ3v) is 7.29. The van der Waals surface area contributed by atoms with Gasteiger partial charge in [0, 0.05) is 14.6 Å². The second kappa shape index (κ2) is 8.15. The second-order valence-electron chi connectivity index (χ2n) is 5.33. The molecule has 0 radical (unpaired) electrons. The lowest BCUT2D eigenvalue weighted by Crippen LogP contribution is -2.40. The van der Waals surface area contributed by atoms with Gasteiger partial charge in [-0.2, -0.15) is 0 Å². The number of hydrogen-bond acceptors (Lipinski definition) is 5. The summed E-state index contributed by atoms with van der Waals surface area (Å²) in [6.07, 6.45) is 5.74. The minimum Gasteiger partial charge on any atom is -0.289 e. The molecule has 0 spiro atoms. The maximum Gasteiger partial charge on any atom is 0.259 e. The summed E-state index contributed by atoms with van der Waals surface area (Å²) in [4.78, 5) is 15.7. The number of rotatable bonds is 8. The first-order valence-corrected chi connectivity index (χ1v) is 10.1. The Labute approximate surface area is 143 Å². The van der Waals surface area contributed by atoms with Crippen molar-refractivity contribution in [2.75, 3.05) is 6.26 Å². The summed E-state index contributed by atoms with van der Waals surface area (Å²) in [5.74, 6) is -0.309. The van der Waals surface area contributed by atoms with Crippen LogP contribution in [0.1, 0.15) is 31.1 Å². The molecule has 22 heavy (non-hydrogen) atoms. The smallest absolute Gasteiger partial charge is 0.259 e. The van der Waals surface area contributed by atoms with E-state index >= 15 is 0 Å². The summed E-state index contributed by atoms with van der Waals surface area (Å²) in [5.41, 5.74) is 1.78. The molecule has 0 saturated heterocycles. The zero-order valence-corrected chi connectivity index (χ0v) is 15.2. The maximum absolute atomic E-state index is 11.7. The number of carbonyl (C=O) groups excluding carboxylic acids is 1. The average molecular weight is 356 g/mol. The Morgan fingerprint density at radius 2 is 2.14 bits per heavy atom. The first-order chi connectivity index (χ1) is 10.6. The minimum atomic E-state index is -0.549. The van der Waals surface area contributed by atoms with Crippen molar-refractivity contribution in [1.29, 1.82) is 0 Å². The Hall–Kier alpha value is -0.820. The van der Waals surface area contributed by atoms with E-state index in [-0.39, 0.29) is 5.91 Å². The zero-order valence-electron chi connectivity index (χ0n) is 12.8. The lowest BCUT2D eigenvalue weighted by Gasteiger charge is -2.24. The number of hydroxylamine groups is 1. The van der Waals surface area contributed by atoms with E-state index < -0.39 is 4.75 Å². The Morgan fingerprint density at radius 1 is 1.32 bits per heavy atom. The van der Waals surface area contributed by atoms with Gasteiger partial charge < -0.3 is 0 Å². The topological polar surface area (TPSA) is 49.3 Å². The molecular weight excluding hydrogens is 334 g/mol. The summed E-state index contributed by atoms with van der Waals surface area (Å²) >= 11 is 5.11. The molecule has 2 aromatic rings. The van der Waals surface area contributed by atoms with Crippen LogP contribution in [-0.4, -0.2) is 22.1 Å². The molecule has 2 rings (SSSR count). The van der Waals surface area contributed by atoms with Gasteiger partial charge in [0.2, 0.25) is 0 Å². The monoisotopic (exact) mass is 355 g/mol. The molecule has 6 heteroatoms. The molecule has 0 saturated carbocycles. The van der Waals surface area contributed by atoms with Gasteiger partial charge in [-0.05, 0) is 56.0 Å². The predicted molar refractivity (Wildman–Crippen MR) is 97.0 cm³/mol. The van der Waals surface area contributed by atoms with E-state index in [0.717, 1.165) is 25.7 Å². The standard InChI is InChI=1S/C16H21NO2S3/c1-16(20-2,15(18)17-19)10-4-3-6-12-8-9-14(22-12)13-7-5-11-21-13/h5,7-9,11,19H,3-4,6,10H2,1-2H3,(H,17,18). The molecule has 0 aliphatic heterocycles. The molecule has 1 amide bonds. The second-order valence-corrected chi connectivity index (χ2v) is 8.75. The van der Waals surface area contributed by atoms with E-state index in [0.29, 0.717) is 0 Å². The van der Waals surface area contributed by atoms with Crippen LogP contribution in [0.5, 0.6) is 0 Å². The molecule has 0 aliphatic carbocycles. The molecule has 2 aromatic heterocycles. The number of thioether (sulfide) groups is 1. The van der Waals surface area contributed by atoms with Gasteiger partial charge in [-0.3, -0.25) is 10.0 Å². The van der Waals surface area contributed by atoms with E-state index in [4.69, 9.17) is 5.21 Å². The molecule has 0 bridgehead atoms. The zero-order chi connectivity index (χ0) is 16.0. The highest BCUT2D eigenvalue weighted by atomic mass is 32.2. The highest BCUT2D eigenvalue weighted by Gasteiger charge is 2.31. The van der Waals surface area contributed by atoms with Crippen LogP contribution in [0.2, 0.25) is 0 Å². The van der Waals surface area contributed by atoms with Crippen LogP contribution in [-0.2, 0) is 11.2 Å². The fraction of sp³-hybridized carbons (Fsp3) is 0.438. The van der Waals surface area contributed by atoms with Gasteiger partial charge in [0.25, 0.3) is 5.91 Å². The molecule has 1 atom stereocenters. The van der Waals surface area contributed by atoms with Crippen LogP contribution >= 0.6 is 34.4 Å². The summed E-state index contributed by atoms with van der Waals surface area (Å²) in [5, 5.41) is 10.9. The molecule has 1 unspecified atom stereocenters. The summed E-state index contributed by atoms with van der Waals surface area (Å²) in [7, 11) is 0. The van der Waals surface area contributed by atoms with Crippen LogP contribution in [0.15, 0.2) is 29.6 Å². The van der Waals surface area contributed by atoms with E-state index in [1.165, 1.54) is 26.4 Å². The summed E-state index contributed by atoms with van der Waals surface area (Å²) < 4.78 is -0.549. The molecule has 120 valence electrons. The predicted octanol–water partition coefficient (Wildman–Crippen LogP) is 4.82. The van der Waals surface area contributed by atoms with Gasteiger partial charge in [0.15, 0.2) is 0 Å². The third-order valence-electron chi connectivity index (χ3n) is 3.79. The maximum atomic E-state index is 11.7. The first kappa shape index (κ1) is 17.5. The van der Waals surface area contributed by atoms with Crippen molar-refractivity contribution < 1.29 is 10.0 Å². The molecular formula is C16H21NO2S3. The van der Waals surface area contributed by atoms with Crippen molar-refractivity contribution in [3.05, 3.63) is 34.5 Å². The number of amides is 1. The average Bonchev–Trinajstić information content (AvgIpc) is 3.21. The van der Waals surface area contributed by atoms with Gasteiger partial charge in [0.1, 0.15) is 0 Å². The number of carbonyl (C=O) groups is 1. The number of aryl methyl sites for hydroxylation is 1. The van der Waals surface area contributed by atoms with E-state index in [1.807, 2.05) is 24.5 Å². The summed E-state index contributed by atoms with van der Waals surface area (Å²) in [6.45, 7) is 1.88. The van der Waals surface area contributed by atoms with Crippen molar-refractivity contribution in [3.63, 3.8) is 0 Å². The van der Waals surface area contributed by atoms with Crippen molar-refractivity contribution >= 4 is 40.3 Å². The summed E-state index contributed by atoms with van der Waals surface area (Å²) in [6, 6.07) is 8.62. The Morgan fingerprint density at radius 3 is 2.77 bits per heavy atom. The molecule has 3 nitrogen and oxygen atoms in total. The van der Waals surface area contributed by atoms with Crippen molar-refractivity contribution in [1.82, 2.24) is 5.48 Å². The van der Waals surface area contributed by atoms with Crippen LogP contribution in [0.3, 0.4) is 0 Å². The van der Waals surface area contributed by atoms with Crippen LogP contribution in [0.4, 0.5) is 0 Å². The Balaban J connectivity index is 1.81. The highest BCUT2D eigenvalue weighted by Crippen LogP contribution is 2.33. The Bertz CT molecular complexity index is 594. The van der Waals surface area contributed by atoms with Crippen molar-refractivity contribution in [3.8, 4) is 9.75 Å². The number of thiophene rings is 2.